The highest BCUT2D eigenvalue weighted by Gasteiger charge is 2.23. The van der Waals surface area contributed by atoms with Crippen molar-refractivity contribution in [3.8, 4) is 11.5 Å². The van der Waals surface area contributed by atoms with Gasteiger partial charge in [-0.25, -0.2) is 13.2 Å². The van der Waals surface area contributed by atoms with Crippen LogP contribution in [0, 0.1) is 6.92 Å². The number of ether oxygens (including phenoxy) is 2. The molecule has 0 aliphatic rings. The number of anilines is 2. The van der Waals surface area contributed by atoms with Crippen LogP contribution in [0.3, 0.4) is 0 Å². The Morgan fingerprint density at radius 2 is 1.73 bits per heavy atom. The van der Waals surface area contributed by atoms with E-state index in [-0.39, 0.29) is 45.3 Å². The van der Waals surface area contributed by atoms with Crippen molar-refractivity contribution in [1.29, 1.82) is 0 Å². The number of unbranched alkanes of at least 4 members (excludes halogenated alkanes) is 3. The molecule has 0 saturated carbocycles. The molecular weight excluding hydrogens is 777 g/mol. The molecule has 0 fully saturated rings. The summed E-state index contributed by atoms with van der Waals surface area (Å²) in [7, 11) is -2.54. The van der Waals surface area contributed by atoms with Gasteiger partial charge >= 0.3 is 6.09 Å². The number of aromatic amines is 1. The van der Waals surface area contributed by atoms with E-state index in [2.05, 4.69) is 25.9 Å². The molecule has 0 saturated heterocycles. The van der Waals surface area contributed by atoms with Crippen molar-refractivity contribution in [3.63, 3.8) is 0 Å². The number of carbonyl (C=O) groups is 2. The number of H-pyrrole nitrogens is 1. The number of aromatic hydroxyl groups is 1. The number of benzene rings is 4. The zero-order chi connectivity index (χ0) is 42.1. The Bertz CT molecular complexity index is 2670. The predicted octanol–water partition coefficient (Wildman–Crippen LogP) is 5.88. The van der Waals surface area contributed by atoms with Gasteiger partial charge in [0, 0.05) is 47.9 Å². The number of phenols is 1. The highest BCUT2D eigenvalue weighted by atomic mass is 32.2. The van der Waals surface area contributed by atoms with Gasteiger partial charge in [0.25, 0.3) is 5.91 Å². The van der Waals surface area contributed by atoms with E-state index >= 15 is 0 Å². The van der Waals surface area contributed by atoms with Gasteiger partial charge in [-0.05, 0) is 91.5 Å². The maximum Gasteiger partial charge on any atom is 0.407 e. The zero-order valence-electron chi connectivity index (χ0n) is 32.6. The molecule has 0 bridgehead atoms. The summed E-state index contributed by atoms with van der Waals surface area (Å²) < 4.78 is 38.7. The molecular formula is C43H46N6O9S. The lowest BCUT2D eigenvalue weighted by atomic mass is 10.0. The summed E-state index contributed by atoms with van der Waals surface area (Å²) in [6, 6.07) is 22.3. The minimum atomic E-state index is -4.08. The molecule has 16 heteroatoms. The van der Waals surface area contributed by atoms with Crippen LogP contribution in [-0.4, -0.2) is 67.4 Å². The van der Waals surface area contributed by atoms with Crippen LogP contribution in [0.4, 0.5) is 16.2 Å². The largest absolute Gasteiger partial charge is 0.506 e. The number of aliphatic hydroxyl groups is 1. The molecule has 0 aliphatic carbocycles. The van der Waals surface area contributed by atoms with Crippen molar-refractivity contribution in [3.05, 3.63) is 124 Å². The lowest BCUT2D eigenvalue weighted by Gasteiger charge is -2.16. The predicted molar refractivity (Wildman–Crippen MR) is 224 cm³/mol. The number of rotatable bonds is 18. The molecule has 1 atom stereocenters. The molecule has 2 aromatic heterocycles. The third-order valence-corrected chi connectivity index (χ3v) is 11.5. The van der Waals surface area contributed by atoms with E-state index in [0.29, 0.717) is 69.6 Å². The number of nitrogens with one attached hydrogen (secondary N) is 4. The molecule has 4 aromatic carbocycles. The number of alkyl carbamates (subject to hydrolysis) is 1. The number of methoxy groups -OCH3 is 1. The van der Waals surface area contributed by atoms with Crippen molar-refractivity contribution in [2.75, 3.05) is 32.1 Å². The van der Waals surface area contributed by atoms with E-state index in [0.717, 1.165) is 19.3 Å². The van der Waals surface area contributed by atoms with Crippen molar-refractivity contribution in [2.24, 2.45) is 5.73 Å². The summed E-state index contributed by atoms with van der Waals surface area (Å²) in [4.78, 5) is 43.6. The number of aryl methyl sites for hydroxylation is 1. The first-order chi connectivity index (χ1) is 28.3. The highest BCUT2D eigenvalue weighted by Crippen LogP contribution is 2.35. The fourth-order valence-corrected chi connectivity index (χ4v) is 8.16. The molecule has 0 aliphatic heterocycles. The minimum absolute atomic E-state index is 0.0140. The molecule has 1 unspecified atom stereocenters. The van der Waals surface area contributed by atoms with E-state index < -0.39 is 27.9 Å². The van der Waals surface area contributed by atoms with Gasteiger partial charge in [0.05, 0.1) is 51.9 Å². The number of sulfone groups is 1. The summed E-state index contributed by atoms with van der Waals surface area (Å²) in [6.07, 6.45) is 3.09. The zero-order valence-corrected chi connectivity index (χ0v) is 33.4. The SMILES string of the molecule is COc1cccc(Nc2c(C(N)=O)cnc3c(C)cc(S(=O)(=O)c4cccc(CNC(=O)OCCCCCCNCC(O)c5ccc(O)c6[nH]c(=O)ccc56)c4)cc23)c1. The number of aliphatic hydroxyl groups excluding tert-OH is 1. The van der Waals surface area contributed by atoms with Gasteiger partial charge in [-0.2, -0.15) is 0 Å². The van der Waals surface area contributed by atoms with Crippen molar-refractivity contribution in [1.82, 2.24) is 20.6 Å². The molecule has 59 heavy (non-hydrogen) atoms. The van der Waals surface area contributed by atoms with Crippen molar-refractivity contribution < 1.29 is 37.7 Å². The number of phenolic OH excluding ortho intramolecular Hbond substituents is 1. The van der Waals surface area contributed by atoms with Crippen LogP contribution >= 0.6 is 0 Å². The van der Waals surface area contributed by atoms with Gasteiger partial charge in [-0.15, -0.1) is 0 Å². The number of hydrogen-bond acceptors (Lipinski definition) is 12. The smallest absolute Gasteiger partial charge is 0.407 e. The fourth-order valence-electron chi connectivity index (χ4n) is 6.72. The standard InChI is InChI=1S/C43H46N6O9S/c1-26-19-31(22-34-39(26)46-24-35(42(44)53)40(34)48-28-10-8-11-29(21-28)57-2)59(55,56)30-12-7-9-27(20-30)23-47-43(54)58-18-6-4-3-5-17-45-25-37(51)32-13-15-36(50)41-33(32)14-16-38(52)49-41/h7-16,19-22,24,37,45,50-51H,3-6,17-18,23,25H2,1-2H3,(H2,44,53)(H,46,48)(H,47,54)(H,49,52). The second kappa shape index (κ2) is 18.8. The van der Waals surface area contributed by atoms with Crippen LogP contribution in [0.25, 0.3) is 21.8 Å². The lowest BCUT2D eigenvalue weighted by Crippen LogP contribution is -2.24. The summed E-state index contributed by atoms with van der Waals surface area (Å²) in [5.41, 5.74) is 8.84. The summed E-state index contributed by atoms with van der Waals surface area (Å²) in [5, 5.41) is 30.8. The van der Waals surface area contributed by atoms with Crippen LogP contribution in [0.2, 0.25) is 0 Å². The molecule has 2 heterocycles. The van der Waals surface area contributed by atoms with Crippen LogP contribution < -0.4 is 32.0 Å². The molecule has 2 amide bonds. The van der Waals surface area contributed by atoms with Gasteiger partial charge in [0.1, 0.15) is 11.5 Å². The molecule has 6 rings (SSSR count). The Balaban J connectivity index is 0.984. The third-order valence-electron chi connectivity index (χ3n) is 9.78. The number of nitrogens with two attached hydrogens (primary N) is 1. The summed E-state index contributed by atoms with van der Waals surface area (Å²) in [6.45, 7) is 2.94. The van der Waals surface area contributed by atoms with Crippen LogP contribution in [0.5, 0.6) is 11.5 Å². The average molecular weight is 823 g/mol. The third kappa shape index (κ3) is 10.2. The maximum absolute atomic E-state index is 14.0. The first-order valence-corrected chi connectivity index (χ1v) is 20.5. The lowest BCUT2D eigenvalue weighted by molar-refractivity contribution is 0.100. The quantitative estimate of drug-likeness (QED) is 0.0504. The Kier molecular flexibility index (Phi) is 13.5. The van der Waals surface area contributed by atoms with Crippen LogP contribution in [0.15, 0.2) is 106 Å². The molecule has 8 N–H and O–H groups in total. The van der Waals surface area contributed by atoms with E-state index in [1.165, 1.54) is 49.7 Å². The van der Waals surface area contributed by atoms with Crippen molar-refractivity contribution in [2.45, 2.75) is 55.0 Å². The van der Waals surface area contributed by atoms with E-state index in [1.807, 2.05) is 0 Å². The molecule has 6 aromatic rings. The second-order valence-electron chi connectivity index (χ2n) is 14.0. The Morgan fingerprint density at radius 1 is 0.932 bits per heavy atom. The highest BCUT2D eigenvalue weighted by molar-refractivity contribution is 7.91. The minimum Gasteiger partial charge on any atom is -0.506 e. The Labute approximate surface area is 340 Å². The number of aromatic nitrogens is 2. The molecule has 0 radical (unpaired) electrons. The summed E-state index contributed by atoms with van der Waals surface area (Å²) >= 11 is 0. The van der Waals surface area contributed by atoms with Crippen molar-refractivity contribution >= 4 is 55.0 Å². The topological polar surface area (TPSA) is 235 Å². The van der Waals surface area contributed by atoms with E-state index in [9.17, 15) is 33.0 Å². The van der Waals surface area contributed by atoms with Gasteiger partial charge in [-0.3, -0.25) is 14.6 Å². The first-order valence-electron chi connectivity index (χ1n) is 19.0. The van der Waals surface area contributed by atoms with Gasteiger partial charge in [-0.1, -0.05) is 37.1 Å². The number of fused-ring (bicyclic) bond motifs is 2. The van der Waals surface area contributed by atoms with E-state index in [1.54, 1.807) is 55.5 Å². The van der Waals surface area contributed by atoms with Crippen LogP contribution in [0.1, 0.15) is 58.8 Å². The number of pyridine rings is 2. The van der Waals surface area contributed by atoms with Gasteiger partial charge < -0.3 is 46.4 Å². The number of nitrogens with zero attached hydrogens (tertiary/aromatic N) is 1. The van der Waals surface area contributed by atoms with E-state index in [4.69, 9.17) is 15.2 Å². The van der Waals surface area contributed by atoms with Gasteiger partial charge in [0.2, 0.25) is 15.4 Å². The average Bonchev–Trinajstić information content (AvgIpc) is 3.22. The summed E-state index contributed by atoms with van der Waals surface area (Å²) in [5.74, 6) is -0.226. The number of primary amides is 1. The van der Waals surface area contributed by atoms with Crippen LogP contribution in [-0.2, 0) is 21.1 Å². The number of amides is 2. The maximum atomic E-state index is 14.0. The Morgan fingerprint density at radius 3 is 2.53 bits per heavy atom. The Hall–Kier alpha value is -6.49. The molecule has 15 nitrogen and oxygen atoms in total. The monoisotopic (exact) mass is 822 g/mol. The normalized spacial score (nSPS) is 12.0. The fraction of sp³-hybridized carbons (Fsp3) is 0.256. The molecule has 0 spiro atoms. The molecule has 308 valence electrons. The first kappa shape index (κ1) is 42.1. The number of hydrogen-bond donors (Lipinski definition) is 7. The second-order valence-corrected chi connectivity index (χ2v) is 15.9. The number of carbonyl (C=O) groups excluding carboxylic acids is 2. The van der Waals surface area contributed by atoms with Gasteiger partial charge in [0.15, 0.2) is 0 Å².